The third kappa shape index (κ3) is 6.16. The Hall–Kier alpha value is -5.43. The Balaban J connectivity index is 1.32. The number of H-pyrrole nitrogens is 1. The fourth-order valence-corrected chi connectivity index (χ4v) is 6.82. The number of hydrogen-bond acceptors (Lipinski definition) is 8. The lowest BCUT2D eigenvalue weighted by atomic mass is 9.98. The second-order valence-electron chi connectivity index (χ2n) is 12.3. The third-order valence-electron chi connectivity index (χ3n) is 9.34. The molecule has 2 aromatic heterocycles. The van der Waals surface area contributed by atoms with Crippen molar-refractivity contribution < 1.29 is 33.8 Å². The Morgan fingerprint density at radius 2 is 1.79 bits per heavy atom. The zero-order valence-electron chi connectivity index (χ0n) is 26.8. The maximum absolute atomic E-state index is 14.7. The zero-order chi connectivity index (χ0) is 33.8. The number of likely N-dealkylation sites (tertiary alicyclic amines) is 1. The lowest BCUT2D eigenvalue weighted by molar-refractivity contribution is -0.795. The number of rotatable bonds is 12. The summed E-state index contributed by atoms with van der Waals surface area (Å²) in [7, 11) is 0. The van der Waals surface area contributed by atoms with Crippen molar-refractivity contribution in [2.45, 2.75) is 70.6 Å². The third-order valence-corrected chi connectivity index (χ3v) is 9.34. The average molecular weight is 653 g/mol. The van der Waals surface area contributed by atoms with Gasteiger partial charge in [0.25, 0.3) is 0 Å². The van der Waals surface area contributed by atoms with Crippen LogP contribution in [0.2, 0.25) is 0 Å². The Morgan fingerprint density at radius 1 is 1.02 bits per heavy atom. The minimum Gasteiger partial charge on any atom is -0.484 e. The molecule has 3 heterocycles. The maximum Gasteiger partial charge on any atom is 0.521 e. The van der Waals surface area contributed by atoms with Crippen molar-refractivity contribution in [2.75, 3.05) is 6.54 Å². The molecule has 0 spiro atoms. The molecule has 0 saturated carbocycles. The van der Waals surface area contributed by atoms with E-state index in [0.717, 1.165) is 47.9 Å². The van der Waals surface area contributed by atoms with E-state index in [2.05, 4.69) is 32.5 Å². The van der Waals surface area contributed by atoms with Crippen molar-refractivity contribution in [1.29, 1.82) is 0 Å². The number of aromatic amines is 1. The van der Waals surface area contributed by atoms with Crippen LogP contribution in [0, 0.1) is 0 Å². The van der Waals surface area contributed by atoms with Crippen molar-refractivity contribution in [2.24, 2.45) is 0 Å². The van der Waals surface area contributed by atoms with Gasteiger partial charge in [-0.25, -0.2) is 14.6 Å². The molecule has 1 aliphatic heterocycles. The average Bonchev–Trinajstić information content (AvgIpc) is 3.84. The van der Waals surface area contributed by atoms with Gasteiger partial charge in [0.1, 0.15) is 18.3 Å². The van der Waals surface area contributed by atoms with Crippen LogP contribution in [0.3, 0.4) is 0 Å². The molecule has 48 heavy (non-hydrogen) atoms. The van der Waals surface area contributed by atoms with Crippen molar-refractivity contribution in [3.63, 3.8) is 0 Å². The van der Waals surface area contributed by atoms with Crippen LogP contribution in [0.1, 0.15) is 68.8 Å². The van der Waals surface area contributed by atoms with Gasteiger partial charge < -0.3 is 19.5 Å². The van der Waals surface area contributed by atoms with Crippen LogP contribution in [-0.2, 0) is 4.79 Å². The summed E-state index contributed by atoms with van der Waals surface area (Å²) in [6.45, 7) is 3.84. The second-order valence-corrected chi connectivity index (χ2v) is 12.3. The van der Waals surface area contributed by atoms with Crippen molar-refractivity contribution in [1.82, 2.24) is 30.2 Å². The quantitative estimate of drug-likeness (QED) is 0.102. The van der Waals surface area contributed by atoms with E-state index in [1.165, 1.54) is 12.1 Å². The number of quaternary nitrogens is 1. The van der Waals surface area contributed by atoms with Crippen LogP contribution in [-0.4, -0.2) is 81.5 Å². The first-order valence-corrected chi connectivity index (χ1v) is 16.2. The number of hydrogen-bond donors (Lipinski definition) is 3. The summed E-state index contributed by atoms with van der Waals surface area (Å²) in [5, 5.41) is 34.4. The highest BCUT2D eigenvalue weighted by Crippen LogP contribution is 2.37. The topological polar surface area (TPSA) is 173 Å². The maximum atomic E-state index is 14.7. The number of imide groups is 1. The summed E-state index contributed by atoms with van der Waals surface area (Å²) in [5.74, 6) is -0.575. The van der Waals surface area contributed by atoms with Gasteiger partial charge >= 0.3 is 18.0 Å². The fourth-order valence-electron chi connectivity index (χ4n) is 6.82. The van der Waals surface area contributed by atoms with Crippen LogP contribution in [0.5, 0.6) is 5.75 Å². The summed E-state index contributed by atoms with van der Waals surface area (Å²) >= 11 is 0. The number of ether oxygens (including phenoxy) is 1. The molecular formula is C35H38N7O6+. The number of unbranched alkanes of at least 4 members (excludes halogenated alkanes) is 3. The highest BCUT2D eigenvalue weighted by Gasteiger charge is 2.59. The monoisotopic (exact) mass is 652 g/mol. The zero-order valence-corrected chi connectivity index (χ0v) is 26.8. The van der Waals surface area contributed by atoms with E-state index in [4.69, 9.17) is 4.74 Å². The van der Waals surface area contributed by atoms with Crippen molar-refractivity contribution in [3.05, 3.63) is 78.6 Å². The number of tetrazole rings is 1. The van der Waals surface area contributed by atoms with E-state index in [0.29, 0.717) is 29.9 Å². The molecule has 1 aliphatic rings. The minimum atomic E-state index is -1.22. The normalized spacial score (nSPS) is 19.7. The molecule has 1 fully saturated rings. The molecule has 3 aromatic carbocycles. The highest BCUT2D eigenvalue weighted by atomic mass is 16.5. The number of carbonyl (C=O) groups is 3. The smallest absolute Gasteiger partial charge is 0.484 e. The summed E-state index contributed by atoms with van der Waals surface area (Å²) in [5.41, 5.74) is 4.11. The molecule has 13 heteroatoms. The predicted molar refractivity (Wildman–Crippen MR) is 176 cm³/mol. The Kier molecular flexibility index (Phi) is 9.30. The van der Waals surface area contributed by atoms with Gasteiger partial charge in [-0.1, -0.05) is 62.9 Å². The second kappa shape index (κ2) is 13.7. The van der Waals surface area contributed by atoms with Crippen molar-refractivity contribution in [3.8, 4) is 28.3 Å². The first-order chi connectivity index (χ1) is 23.2. The number of imidazole rings is 1. The summed E-state index contributed by atoms with van der Waals surface area (Å²) in [6.07, 6.45) is 4.39. The molecule has 0 aliphatic carbocycles. The first kappa shape index (κ1) is 32.5. The fraction of sp³-hybridized carbons (Fsp3) is 0.343. The van der Waals surface area contributed by atoms with Crippen LogP contribution in [0.15, 0.2) is 73.1 Å². The summed E-state index contributed by atoms with van der Waals surface area (Å²) in [6, 6.07) is 18.2. The minimum absolute atomic E-state index is 0.0505. The Bertz CT molecular complexity index is 1920. The number of nitrogens with zero attached hydrogens (tertiary/aromatic N) is 6. The van der Waals surface area contributed by atoms with Gasteiger partial charge in [0, 0.05) is 12.0 Å². The number of carbonyl (C=O) groups excluding carboxylic acids is 1. The number of carboxylic acid groups (broad SMARTS) is 2. The van der Waals surface area contributed by atoms with Crippen LogP contribution < -0.4 is 4.74 Å². The molecule has 3 N–H and O–H groups in total. The number of benzene rings is 3. The lowest BCUT2D eigenvalue weighted by Crippen LogP contribution is -2.61. The molecule has 5 aromatic rings. The predicted octanol–water partition coefficient (Wildman–Crippen LogP) is 6.35. The number of aromatic carboxylic acids is 1. The number of nitrogens with one attached hydrogen (secondary N) is 1. The Morgan fingerprint density at radius 3 is 2.48 bits per heavy atom. The van der Waals surface area contributed by atoms with Gasteiger partial charge in [-0.15, -0.1) is 10.2 Å². The van der Waals surface area contributed by atoms with Crippen molar-refractivity contribution >= 4 is 29.0 Å². The molecule has 248 valence electrons. The van der Waals surface area contributed by atoms with Gasteiger partial charge in [0.2, 0.25) is 5.82 Å². The van der Waals surface area contributed by atoms with Gasteiger partial charge in [0.05, 0.1) is 22.9 Å². The molecular weight excluding hydrogens is 614 g/mol. The standard InChI is InChI=1S/C35H37N7O6/c1-3-4-5-6-11-31(33(43)42(35(46)47)20-26(18-22(42)2)48-25-15-12-23(13-16-25)34(44)45)41-21-36-29-19-24(14-17-30(29)41)27-9-7-8-10-28(27)32-37-39-40-38-32/h7-10,12-17,19,21-22,26,31H,3-6,11,18,20H2,1-2H3,(H2-,37,38,39,40,44,45,46,47)/p+1/t22-,26-,31?,42-/m1/s1. The SMILES string of the molecule is CCCCCCC(C(=O)[N@@+]1(C(=O)O)C[C@H](Oc2ccc(C(=O)O)cc2)C[C@H]1C)n1cnc2cc(-c3ccccc3-c3nn[nH]n3)ccc21. The van der Waals surface area contributed by atoms with E-state index < -0.39 is 40.6 Å². The lowest BCUT2D eigenvalue weighted by Gasteiger charge is -2.33. The molecule has 1 saturated heterocycles. The van der Waals surface area contributed by atoms with Crippen LogP contribution >= 0.6 is 0 Å². The van der Waals surface area contributed by atoms with E-state index in [9.17, 15) is 24.6 Å². The molecule has 1 unspecified atom stereocenters. The van der Waals surface area contributed by atoms with Gasteiger partial charge in [0.15, 0.2) is 12.1 Å². The molecule has 2 amide bonds. The van der Waals surface area contributed by atoms with Gasteiger partial charge in [-0.05, 0) is 66.1 Å². The largest absolute Gasteiger partial charge is 0.521 e. The van der Waals surface area contributed by atoms with E-state index in [1.807, 2.05) is 47.0 Å². The number of fused-ring (bicyclic) bond motifs is 1. The molecule has 0 radical (unpaired) electrons. The van der Waals surface area contributed by atoms with E-state index in [1.54, 1.807) is 25.4 Å². The molecule has 6 rings (SSSR count). The van der Waals surface area contributed by atoms with Crippen LogP contribution in [0.25, 0.3) is 33.5 Å². The molecule has 13 nitrogen and oxygen atoms in total. The number of carboxylic acids is 1. The van der Waals surface area contributed by atoms with Gasteiger partial charge in [-0.3, -0.25) is 0 Å². The summed E-state index contributed by atoms with van der Waals surface area (Å²) < 4.78 is 7.18. The number of amides is 2. The number of aromatic nitrogens is 6. The molecule has 0 bridgehead atoms. The van der Waals surface area contributed by atoms with Crippen LogP contribution in [0.4, 0.5) is 4.79 Å². The molecule has 4 atom stereocenters. The van der Waals surface area contributed by atoms with E-state index in [-0.39, 0.29) is 12.1 Å². The summed E-state index contributed by atoms with van der Waals surface area (Å²) in [4.78, 5) is 43.8. The van der Waals surface area contributed by atoms with Gasteiger partial charge in [-0.2, -0.15) is 14.5 Å². The first-order valence-electron chi connectivity index (χ1n) is 16.2. The highest BCUT2D eigenvalue weighted by molar-refractivity contribution is 5.90. The Labute approximate surface area is 276 Å². The van der Waals surface area contributed by atoms with E-state index >= 15 is 0 Å².